The number of nitrogens with zero attached hydrogens (tertiary/aromatic N) is 3. The summed E-state index contributed by atoms with van der Waals surface area (Å²) in [6, 6.07) is 3.76. The summed E-state index contributed by atoms with van der Waals surface area (Å²) in [6.45, 7) is 7.02. The molecule has 2 aromatic rings. The molecule has 0 spiro atoms. The number of hydrogen-bond acceptors (Lipinski definition) is 6. The Balaban J connectivity index is 1.55. The van der Waals surface area contributed by atoms with E-state index in [-0.39, 0.29) is 11.7 Å². The van der Waals surface area contributed by atoms with Gasteiger partial charge in [-0.15, -0.1) is 22.7 Å². The SMILES string of the molecule is Cc1nc(C)c(C(=O)N2CCN(CC(=O)c3cccs3)CC2)s1. The average Bonchev–Trinajstić information content (AvgIpc) is 3.17. The van der Waals surface area contributed by atoms with Gasteiger partial charge in [-0.3, -0.25) is 14.5 Å². The largest absolute Gasteiger partial charge is 0.335 e. The summed E-state index contributed by atoms with van der Waals surface area (Å²) in [5.74, 6) is 0.228. The van der Waals surface area contributed by atoms with Gasteiger partial charge in [0.15, 0.2) is 5.78 Å². The molecular weight excluding hydrogens is 330 g/mol. The molecule has 0 radical (unpaired) electrons. The van der Waals surface area contributed by atoms with E-state index in [9.17, 15) is 9.59 Å². The molecule has 1 aliphatic rings. The number of ketones is 1. The molecule has 0 saturated carbocycles. The van der Waals surface area contributed by atoms with Crippen LogP contribution >= 0.6 is 22.7 Å². The molecule has 7 heteroatoms. The van der Waals surface area contributed by atoms with Crippen molar-refractivity contribution >= 4 is 34.4 Å². The second-order valence-electron chi connectivity index (χ2n) is 5.62. The topological polar surface area (TPSA) is 53.5 Å². The lowest BCUT2D eigenvalue weighted by atomic mass is 10.2. The van der Waals surface area contributed by atoms with Crippen LogP contribution in [0.25, 0.3) is 0 Å². The highest BCUT2D eigenvalue weighted by Crippen LogP contribution is 2.20. The van der Waals surface area contributed by atoms with Crippen LogP contribution in [0.3, 0.4) is 0 Å². The second-order valence-corrected chi connectivity index (χ2v) is 7.77. The van der Waals surface area contributed by atoms with Crippen LogP contribution in [-0.2, 0) is 0 Å². The van der Waals surface area contributed by atoms with Crippen molar-refractivity contribution in [2.45, 2.75) is 13.8 Å². The predicted molar refractivity (Wildman–Crippen MR) is 92.6 cm³/mol. The number of aromatic nitrogens is 1. The second kappa shape index (κ2) is 6.90. The lowest BCUT2D eigenvalue weighted by Gasteiger charge is -2.34. The Morgan fingerprint density at radius 3 is 2.52 bits per heavy atom. The van der Waals surface area contributed by atoms with E-state index in [4.69, 9.17) is 0 Å². The lowest BCUT2D eigenvalue weighted by molar-refractivity contribution is 0.0628. The zero-order valence-electron chi connectivity index (χ0n) is 13.2. The Morgan fingerprint density at radius 1 is 1.22 bits per heavy atom. The zero-order valence-corrected chi connectivity index (χ0v) is 14.9. The first-order valence-corrected chi connectivity index (χ1v) is 9.26. The molecule has 3 rings (SSSR count). The first kappa shape index (κ1) is 16.3. The Hall–Kier alpha value is -1.57. The van der Waals surface area contributed by atoms with Gasteiger partial charge in [0.1, 0.15) is 4.88 Å². The summed E-state index contributed by atoms with van der Waals surface area (Å²) in [5.41, 5.74) is 0.813. The van der Waals surface area contributed by atoms with E-state index < -0.39 is 0 Å². The number of aryl methyl sites for hydroxylation is 2. The normalized spacial score (nSPS) is 15.8. The molecule has 0 atom stereocenters. The number of Topliss-reactive ketones (excluding diaryl/α,β-unsaturated/α-hetero) is 1. The molecule has 0 N–H and O–H groups in total. The maximum atomic E-state index is 12.6. The Kier molecular flexibility index (Phi) is 4.89. The molecule has 3 heterocycles. The van der Waals surface area contributed by atoms with Crippen molar-refractivity contribution in [3.63, 3.8) is 0 Å². The number of piperazine rings is 1. The van der Waals surface area contributed by atoms with Gasteiger partial charge in [0, 0.05) is 26.2 Å². The molecule has 1 fully saturated rings. The summed E-state index contributed by atoms with van der Waals surface area (Å²) in [6.07, 6.45) is 0. The summed E-state index contributed by atoms with van der Waals surface area (Å²) < 4.78 is 0. The van der Waals surface area contributed by atoms with Crippen molar-refractivity contribution in [1.29, 1.82) is 0 Å². The van der Waals surface area contributed by atoms with Crippen LogP contribution in [0.2, 0.25) is 0 Å². The third-order valence-electron chi connectivity index (χ3n) is 3.92. The molecule has 0 aliphatic carbocycles. The van der Waals surface area contributed by atoms with E-state index in [0.717, 1.165) is 33.5 Å². The summed E-state index contributed by atoms with van der Waals surface area (Å²) in [7, 11) is 0. The predicted octanol–water partition coefficient (Wildman–Crippen LogP) is 2.46. The van der Waals surface area contributed by atoms with Crippen molar-refractivity contribution in [2.75, 3.05) is 32.7 Å². The van der Waals surface area contributed by atoms with Crippen LogP contribution in [-0.4, -0.2) is 59.2 Å². The van der Waals surface area contributed by atoms with E-state index in [1.165, 1.54) is 22.7 Å². The van der Waals surface area contributed by atoms with Gasteiger partial charge in [-0.2, -0.15) is 0 Å². The first-order valence-electron chi connectivity index (χ1n) is 7.57. The molecule has 0 bridgehead atoms. The number of carbonyl (C=O) groups is 2. The number of rotatable bonds is 4. The fraction of sp³-hybridized carbons (Fsp3) is 0.438. The van der Waals surface area contributed by atoms with Gasteiger partial charge in [-0.05, 0) is 25.3 Å². The molecule has 2 aromatic heterocycles. The Morgan fingerprint density at radius 2 is 1.96 bits per heavy atom. The molecule has 0 unspecified atom stereocenters. The fourth-order valence-corrected chi connectivity index (χ4v) is 4.25. The quantitative estimate of drug-likeness (QED) is 0.796. The minimum Gasteiger partial charge on any atom is -0.335 e. The van der Waals surface area contributed by atoms with Gasteiger partial charge in [0.2, 0.25) is 0 Å². The van der Waals surface area contributed by atoms with Crippen molar-refractivity contribution in [3.8, 4) is 0 Å². The highest BCUT2D eigenvalue weighted by Gasteiger charge is 2.26. The van der Waals surface area contributed by atoms with Gasteiger partial charge in [0.25, 0.3) is 5.91 Å². The van der Waals surface area contributed by atoms with Gasteiger partial charge < -0.3 is 4.90 Å². The van der Waals surface area contributed by atoms with E-state index in [2.05, 4.69) is 9.88 Å². The highest BCUT2D eigenvalue weighted by molar-refractivity contribution is 7.13. The van der Waals surface area contributed by atoms with E-state index in [1.54, 1.807) is 0 Å². The number of thiophene rings is 1. The standard InChI is InChI=1S/C16H19N3O2S2/c1-11-15(23-12(2)17-11)16(21)19-7-5-18(6-8-19)10-13(20)14-4-3-9-22-14/h3-4,9H,5-8,10H2,1-2H3. The number of hydrogen-bond donors (Lipinski definition) is 0. The smallest absolute Gasteiger partial charge is 0.265 e. The highest BCUT2D eigenvalue weighted by atomic mass is 32.1. The Bertz CT molecular complexity index is 701. The molecule has 122 valence electrons. The van der Waals surface area contributed by atoms with Crippen LogP contribution in [0, 0.1) is 13.8 Å². The first-order chi connectivity index (χ1) is 11.0. The van der Waals surface area contributed by atoms with Crippen molar-refractivity contribution in [1.82, 2.24) is 14.8 Å². The van der Waals surface area contributed by atoms with Crippen molar-refractivity contribution in [3.05, 3.63) is 38.0 Å². The van der Waals surface area contributed by atoms with E-state index in [0.29, 0.717) is 19.6 Å². The van der Waals surface area contributed by atoms with Crippen LogP contribution in [0.15, 0.2) is 17.5 Å². The molecule has 23 heavy (non-hydrogen) atoms. The van der Waals surface area contributed by atoms with Crippen molar-refractivity contribution < 1.29 is 9.59 Å². The maximum absolute atomic E-state index is 12.6. The van der Waals surface area contributed by atoms with Crippen molar-refractivity contribution in [2.24, 2.45) is 0 Å². The van der Waals surface area contributed by atoms with Gasteiger partial charge >= 0.3 is 0 Å². The minimum absolute atomic E-state index is 0.0670. The van der Waals surface area contributed by atoms with Gasteiger partial charge in [-0.1, -0.05) is 6.07 Å². The van der Waals surface area contributed by atoms with Gasteiger partial charge in [0.05, 0.1) is 22.1 Å². The van der Waals surface area contributed by atoms with E-state index >= 15 is 0 Å². The summed E-state index contributed by atoms with van der Waals surface area (Å²) in [5, 5.41) is 2.84. The maximum Gasteiger partial charge on any atom is 0.265 e. The monoisotopic (exact) mass is 349 g/mol. The number of thiazole rings is 1. The molecule has 1 aliphatic heterocycles. The molecule has 1 saturated heterocycles. The molecule has 0 aromatic carbocycles. The number of carbonyl (C=O) groups excluding carboxylic acids is 2. The van der Waals surface area contributed by atoms with Crippen LogP contribution in [0.1, 0.15) is 30.0 Å². The Labute approximate surface area is 143 Å². The lowest BCUT2D eigenvalue weighted by Crippen LogP contribution is -2.49. The third kappa shape index (κ3) is 3.68. The molecule has 5 nitrogen and oxygen atoms in total. The van der Waals surface area contributed by atoms with Gasteiger partial charge in [-0.25, -0.2) is 4.98 Å². The zero-order chi connectivity index (χ0) is 16.4. The number of amides is 1. The molecular formula is C16H19N3O2S2. The minimum atomic E-state index is 0.0670. The average molecular weight is 349 g/mol. The third-order valence-corrected chi connectivity index (χ3v) is 5.89. The fourth-order valence-electron chi connectivity index (χ4n) is 2.70. The van der Waals surface area contributed by atoms with E-state index in [1.807, 2.05) is 36.3 Å². The summed E-state index contributed by atoms with van der Waals surface area (Å²) >= 11 is 2.94. The van der Waals surface area contributed by atoms with Crippen LogP contribution in [0.4, 0.5) is 0 Å². The van der Waals surface area contributed by atoms with Crippen LogP contribution in [0.5, 0.6) is 0 Å². The summed E-state index contributed by atoms with van der Waals surface area (Å²) in [4.78, 5) is 34.6. The van der Waals surface area contributed by atoms with Crippen LogP contribution < -0.4 is 0 Å². The molecule has 1 amide bonds.